The van der Waals surface area contributed by atoms with Gasteiger partial charge < -0.3 is 13.7 Å². The number of aromatic nitrogens is 4. The van der Waals surface area contributed by atoms with Crippen molar-refractivity contribution in [2.24, 2.45) is 0 Å². The molecule has 1 unspecified atom stereocenters. The van der Waals surface area contributed by atoms with Crippen molar-refractivity contribution in [3.8, 4) is 11.6 Å². The van der Waals surface area contributed by atoms with Gasteiger partial charge in [0, 0.05) is 26.0 Å². The number of hydrogen-bond donors (Lipinski definition) is 1. The summed E-state index contributed by atoms with van der Waals surface area (Å²) in [5.74, 6) is 2.07. The molecule has 0 spiro atoms. The fourth-order valence-corrected chi connectivity index (χ4v) is 2.54. The summed E-state index contributed by atoms with van der Waals surface area (Å²) in [4.78, 5) is 4.13. The van der Waals surface area contributed by atoms with E-state index < -0.39 is 0 Å². The van der Waals surface area contributed by atoms with E-state index in [1.165, 1.54) is 0 Å². The standard InChI is InChI=1S/C15H16N4O2S/c1-20-9-7-19-14(12-5-3-8-21-12)17-18-15(19)13(22)11-4-2-6-16-10-11/h2-6,8,10,13,22H,7,9H2,1H3. The number of thiol groups is 1. The fraction of sp³-hybridized carbons (Fsp3) is 0.267. The van der Waals surface area contributed by atoms with Crippen LogP contribution in [0.15, 0.2) is 47.3 Å². The molecule has 0 aliphatic heterocycles. The molecule has 0 radical (unpaired) electrons. The Labute approximate surface area is 133 Å². The van der Waals surface area contributed by atoms with Crippen LogP contribution in [0.3, 0.4) is 0 Å². The first kappa shape index (κ1) is 14.8. The van der Waals surface area contributed by atoms with Gasteiger partial charge in [0.2, 0.25) is 0 Å². The number of ether oxygens (including phenoxy) is 1. The van der Waals surface area contributed by atoms with E-state index in [1.807, 2.05) is 28.8 Å². The van der Waals surface area contributed by atoms with Crippen molar-refractivity contribution < 1.29 is 9.15 Å². The zero-order valence-corrected chi connectivity index (χ0v) is 13.0. The van der Waals surface area contributed by atoms with E-state index in [1.54, 1.807) is 25.8 Å². The lowest BCUT2D eigenvalue weighted by Crippen LogP contribution is -2.12. The maximum atomic E-state index is 5.44. The minimum absolute atomic E-state index is 0.221. The van der Waals surface area contributed by atoms with Crippen LogP contribution in [-0.2, 0) is 11.3 Å². The first-order chi connectivity index (χ1) is 10.8. The second kappa shape index (κ2) is 6.76. The van der Waals surface area contributed by atoms with Crippen LogP contribution in [0.25, 0.3) is 11.6 Å². The maximum Gasteiger partial charge on any atom is 0.199 e. The monoisotopic (exact) mass is 316 g/mol. The molecule has 0 saturated carbocycles. The summed E-state index contributed by atoms with van der Waals surface area (Å²) in [6, 6.07) is 7.52. The highest BCUT2D eigenvalue weighted by Crippen LogP contribution is 2.29. The summed E-state index contributed by atoms with van der Waals surface area (Å²) < 4.78 is 12.6. The molecule has 3 aromatic heterocycles. The molecule has 0 aliphatic rings. The Bertz CT molecular complexity index is 712. The topological polar surface area (TPSA) is 66.0 Å². The Balaban J connectivity index is 2.00. The quantitative estimate of drug-likeness (QED) is 0.708. The molecular weight excluding hydrogens is 300 g/mol. The van der Waals surface area contributed by atoms with Crippen LogP contribution in [0.1, 0.15) is 16.6 Å². The maximum absolute atomic E-state index is 5.44. The molecule has 0 amide bonds. The molecule has 0 saturated heterocycles. The summed E-state index contributed by atoms with van der Waals surface area (Å²) in [5.41, 5.74) is 0.961. The van der Waals surface area contributed by atoms with Gasteiger partial charge in [-0.1, -0.05) is 6.07 Å². The lowest BCUT2D eigenvalue weighted by molar-refractivity contribution is 0.186. The Morgan fingerprint density at radius 2 is 2.23 bits per heavy atom. The van der Waals surface area contributed by atoms with E-state index in [0.717, 1.165) is 11.4 Å². The van der Waals surface area contributed by atoms with Gasteiger partial charge in [-0.3, -0.25) is 4.98 Å². The molecule has 114 valence electrons. The Kier molecular flexibility index (Phi) is 4.55. The molecule has 1 atom stereocenters. The van der Waals surface area contributed by atoms with Gasteiger partial charge in [-0.2, -0.15) is 12.6 Å². The highest BCUT2D eigenvalue weighted by Gasteiger charge is 2.21. The summed E-state index contributed by atoms with van der Waals surface area (Å²) in [6.07, 6.45) is 5.12. The van der Waals surface area contributed by atoms with E-state index in [0.29, 0.717) is 24.7 Å². The fourth-order valence-electron chi connectivity index (χ4n) is 2.20. The minimum atomic E-state index is -0.221. The smallest absolute Gasteiger partial charge is 0.199 e. The molecule has 3 heterocycles. The predicted molar refractivity (Wildman–Crippen MR) is 84.7 cm³/mol. The third-order valence-electron chi connectivity index (χ3n) is 3.28. The molecule has 0 aliphatic carbocycles. The van der Waals surface area contributed by atoms with Gasteiger partial charge in [-0.05, 0) is 23.8 Å². The highest BCUT2D eigenvalue weighted by molar-refractivity contribution is 7.80. The average Bonchev–Trinajstić information content (AvgIpc) is 3.22. The minimum Gasteiger partial charge on any atom is -0.461 e. The van der Waals surface area contributed by atoms with E-state index >= 15 is 0 Å². The van der Waals surface area contributed by atoms with Gasteiger partial charge >= 0.3 is 0 Å². The highest BCUT2D eigenvalue weighted by atomic mass is 32.1. The van der Waals surface area contributed by atoms with Gasteiger partial charge in [-0.15, -0.1) is 10.2 Å². The first-order valence-corrected chi connectivity index (χ1v) is 7.37. The van der Waals surface area contributed by atoms with Crippen molar-refractivity contribution in [3.63, 3.8) is 0 Å². The predicted octanol–water partition coefficient (Wildman–Crippen LogP) is 2.60. The third kappa shape index (κ3) is 2.90. The van der Waals surface area contributed by atoms with Gasteiger partial charge in [0.25, 0.3) is 0 Å². The molecule has 0 N–H and O–H groups in total. The molecule has 0 bridgehead atoms. The van der Waals surface area contributed by atoms with Crippen LogP contribution >= 0.6 is 12.6 Å². The molecule has 0 fully saturated rings. The molecule has 22 heavy (non-hydrogen) atoms. The normalized spacial score (nSPS) is 12.5. The SMILES string of the molecule is COCCn1c(-c2ccco2)nnc1C(S)c1cccnc1. The zero-order chi connectivity index (χ0) is 15.4. The van der Waals surface area contributed by atoms with Crippen LogP contribution in [0.2, 0.25) is 0 Å². The van der Waals surface area contributed by atoms with Crippen molar-refractivity contribution in [1.82, 2.24) is 19.7 Å². The lowest BCUT2D eigenvalue weighted by Gasteiger charge is -2.13. The van der Waals surface area contributed by atoms with Crippen LogP contribution in [0.4, 0.5) is 0 Å². The van der Waals surface area contributed by atoms with E-state index in [9.17, 15) is 0 Å². The summed E-state index contributed by atoms with van der Waals surface area (Å²) in [6.45, 7) is 1.17. The van der Waals surface area contributed by atoms with Crippen LogP contribution < -0.4 is 0 Å². The van der Waals surface area contributed by atoms with Crippen LogP contribution in [0, 0.1) is 0 Å². The second-order valence-electron chi connectivity index (χ2n) is 4.69. The number of pyridine rings is 1. The Morgan fingerprint density at radius 1 is 1.32 bits per heavy atom. The van der Waals surface area contributed by atoms with E-state index in [-0.39, 0.29) is 5.25 Å². The van der Waals surface area contributed by atoms with Gasteiger partial charge in [0.1, 0.15) is 0 Å². The Morgan fingerprint density at radius 3 is 2.91 bits per heavy atom. The third-order valence-corrected chi connectivity index (χ3v) is 3.81. The summed E-state index contributed by atoms with van der Waals surface area (Å²) in [5, 5.41) is 8.33. The van der Waals surface area contributed by atoms with Gasteiger partial charge in [-0.25, -0.2) is 0 Å². The molecule has 6 nitrogen and oxygen atoms in total. The summed E-state index contributed by atoms with van der Waals surface area (Å²) >= 11 is 4.68. The number of hydrogen-bond acceptors (Lipinski definition) is 6. The molecule has 3 aromatic rings. The molecule has 3 rings (SSSR count). The number of methoxy groups -OCH3 is 1. The molecule has 7 heteroatoms. The molecule has 0 aromatic carbocycles. The van der Waals surface area contributed by atoms with Gasteiger partial charge in [0.05, 0.1) is 18.1 Å². The lowest BCUT2D eigenvalue weighted by atomic mass is 10.2. The van der Waals surface area contributed by atoms with Crippen molar-refractivity contribution in [2.45, 2.75) is 11.8 Å². The average molecular weight is 316 g/mol. The van der Waals surface area contributed by atoms with Crippen molar-refractivity contribution >= 4 is 12.6 Å². The summed E-state index contributed by atoms with van der Waals surface area (Å²) in [7, 11) is 1.66. The Hall–Kier alpha value is -2.12. The van der Waals surface area contributed by atoms with Crippen LogP contribution in [-0.4, -0.2) is 33.5 Å². The second-order valence-corrected chi connectivity index (χ2v) is 5.21. The number of furan rings is 1. The van der Waals surface area contributed by atoms with Crippen molar-refractivity contribution in [2.75, 3.05) is 13.7 Å². The number of rotatable bonds is 6. The van der Waals surface area contributed by atoms with Crippen molar-refractivity contribution in [1.29, 1.82) is 0 Å². The van der Waals surface area contributed by atoms with Crippen LogP contribution in [0.5, 0.6) is 0 Å². The van der Waals surface area contributed by atoms with E-state index in [2.05, 4.69) is 27.8 Å². The first-order valence-electron chi connectivity index (χ1n) is 6.85. The largest absolute Gasteiger partial charge is 0.461 e. The molecular formula is C15H16N4O2S. The zero-order valence-electron chi connectivity index (χ0n) is 12.1. The van der Waals surface area contributed by atoms with Crippen molar-refractivity contribution in [3.05, 3.63) is 54.3 Å². The van der Waals surface area contributed by atoms with Gasteiger partial charge in [0.15, 0.2) is 17.4 Å². The number of nitrogens with zero attached hydrogens (tertiary/aromatic N) is 4. The van der Waals surface area contributed by atoms with E-state index in [4.69, 9.17) is 9.15 Å².